The lowest BCUT2D eigenvalue weighted by Gasteiger charge is -2.16. The molecule has 0 fully saturated rings. The van der Waals surface area contributed by atoms with Crippen molar-refractivity contribution in [3.8, 4) is 0 Å². The largest absolute Gasteiger partial charge is 0.352 e. The molecule has 0 aliphatic heterocycles. The van der Waals surface area contributed by atoms with E-state index in [2.05, 4.69) is 10.2 Å². The van der Waals surface area contributed by atoms with Crippen molar-refractivity contribution in [3.63, 3.8) is 0 Å². The normalized spacial score (nSPS) is 10.6. The number of hydrogen-bond acceptors (Lipinski definition) is 4. The molecule has 0 spiro atoms. The summed E-state index contributed by atoms with van der Waals surface area (Å²) in [5, 5.41) is 7.53. The number of nitrogens with two attached hydrogens (primary N) is 1. The Balaban J connectivity index is 2.66. The van der Waals surface area contributed by atoms with Crippen molar-refractivity contribution >= 4 is 5.82 Å². The Kier molecular flexibility index (Phi) is 3.70. The Bertz CT molecular complexity index is 275. The van der Waals surface area contributed by atoms with Crippen molar-refractivity contribution in [1.82, 2.24) is 10.2 Å². The van der Waals surface area contributed by atoms with Crippen LogP contribution in [-0.4, -0.2) is 30.2 Å². The van der Waals surface area contributed by atoms with E-state index in [0.717, 1.165) is 0 Å². The minimum atomic E-state index is -2.38. The molecule has 0 aliphatic rings. The zero-order valence-electron chi connectivity index (χ0n) is 7.82. The Morgan fingerprint density at radius 2 is 2.14 bits per heavy atom. The summed E-state index contributed by atoms with van der Waals surface area (Å²) in [6.45, 7) is -0.0531. The topological polar surface area (TPSA) is 55.0 Å². The molecule has 14 heavy (non-hydrogen) atoms. The Morgan fingerprint density at radius 1 is 1.43 bits per heavy atom. The van der Waals surface area contributed by atoms with E-state index in [-0.39, 0.29) is 6.54 Å². The molecule has 0 atom stereocenters. The van der Waals surface area contributed by atoms with Crippen molar-refractivity contribution in [1.29, 1.82) is 0 Å². The Hall–Kier alpha value is -1.30. The smallest absolute Gasteiger partial charge is 0.255 e. The molecule has 6 heteroatoms. The van der Waals surface area contributed by atoms with E-state index in [9.17, 15) is 8.78 Å². The van der Waals surface area contributed by atoms with Gasteiger partial charge in [0, 0.05) is 13.6 Å². The second-order valence-corrected chi connectivity index (χ2v) is 2.86. The first-order valence-electron chi connectivity index (χ1n) is 4.15. The summed E-state index contributed by atoms with van der Waals surface area (Å²) in [5.41, 5.74) is 5.96. The number of halogens is 2. The van der Waals surface area contributed by atoms with Crippen LogP contribution in [0, 0.1) is 0 Å². The molecule has 0 radical (unpaired) electrons. The molecular weight excluding hydrogens is 190 g/mol. The van der Waals surface area contributed by atoms with Gasteiger partial charge >= 0.3 is 0 Å². The van der Waals surface area contributed by atoms with Crippen LogP contribution < -0.4 is 10.6 Å². The first-order chi connectivity index (χ1) is 6.63. The van der Waals surface area contributed by atoms with Crippen molar-refractivity contribution in [2.75, 3.05) is 18.5 Å². The van der Waals surface area contributed by atoms with Gasteiger partial charge in [-0.05, 0) is 12.1 Å². The summed E-state index contributed by atoms with van der Waals surface area (Å²) < 4.78 is 24.0. The van der Waals surface area contributed by atoms with Gasteiger partial charge in [0.25, 0.3) is 6.43 Å². The third-order valence-corrected chi connectivity index (χ3v) is 1.72. The summed E-state index contributed by atoms with van der Waals surface area (Å²) in [4.78, 5) is 1.35. The third-order valence-electron chi connectivity index (χ3n) is 1.72. The fourth-order valence-electron chi connectivity index (χ4n) is 0.966. The number of alkyl halides is 2. The first-order valence-corrected chi connectivity index (χ1v) is 4.15. The van der Waals surface area contributed by atoms with Gasteiger partial charge in [0.05, 0.1) is 12.2 Å². The van der Waals surface area contributed by atoms with Gasteiger partial charge < -0.3 is 10.6 Å². The fraction of sp³-hybridized carbons (Fsp3) is 0.500. The van der Waals surface area contributed by atoms with E-state index < -0.39 is 6.43 Å². The average Bonchev–Trinajstić information content (AvgIpc) is 2.17. The van der Waals surface area contributed by atoms with Crippen molar-refractivity contribution in [3.05, 3.63) is 17.8 Å². The number of rotatable bonds is 4. The first kappa shape index (κ1) is 10.8. The molecule has 1 aromatic heterocycles. The summed E-state index contributed by atoms with van der Waals surface area (Å²) in [6.07, 6.45) is -2.38. The highest BCUT2D eigenvalue weighted by Crippen LogP contribution is 2.08. The van der Waals surface area contributed by atoms with E-state index in [4.69, 9.17) is 5.73 Å². The van der Waals surface area contributed by atoms with E-state index in [1.54, 1.807) is 12.1 Å². The molecule has 4 nitrogen and oxygen atoms in total. The molecule has 0 unspecified atom stereocenters. The lowest BCUT2D eigenvalue weighted by Crippen LogP contribution is -2.25. The number of anilines is 1. The van der Waals surface area contributed by atoms with Crippen molar-refractivity contribution in [2.24, 2.45) is 5.73 Å². The lowest BCUT2D eigenvalue weighted by atomic mass is 10.4. The summed E-state index contributed by atoms with van der Waals surface area (Å²) in [5.74, 6) is 0.419. The third kappa shape index (κ3) is 2.88. The molecule has 1 aromatic rings. The molecular formula is C8H12F2N4. The molecule has 1 heterocycles. The van der Waals surface area contributed by atoms with Gasteiger partial charge in [0.2, 0.25) is 0 Å². The van der Waals surface area contributed by atoms with Crippen LogP contribution in [-0.2, 0) is 6.54 Å². The van der Waals surface area contributed by atoms with Crippen LogP contribution in [0.3, 0.4) is 0 Å². The zero-order valence-corrected chi connectivity index (χ0v) is 7.82. The predicted molar refractivity (Wildman–Crippen MR) is 49.2 cm³/mol. The molecule has 0 bridgehead atoms. The second kappa shape index (κ2) is 4.80. The Labute approximate surface area is 80.7 Å². The monoisotopic (exact) mass is 202 g/mol. The number of aromatic nitrogens is 2. The molecule has 78 valence electrons. The molecule has 0 amide bonds. The highest BCUT2D eigenvalue weighted by molar-refractivity contribution is 5.35. The molecule has 0 aliphatic carbocycles. The predicted octanol–water partition coefficient (Wildman–Crippen LogP) is 0.637. The van der Waals surface area contributed by atoms with Gasteiger partial charge in [-0.1, -0.05) is 0 Å². The summed E-state index contributed by atoms with van der Waals surface area (Å²) in [6, 6.07) is 3.29. The molecule has 0 saturated carbocycles. The summed E-state index contributed by atoms with van der Waals surface area (Å²) in [7, 11) is 1.54. The minimum absolute atomic E-state index is 0.297. The molecule has 0 saturated heterocycles. The van der Waals surface area contributed by atoms with Crippen LogP contribution in [0.15, 0.2) is 12.1 Å². The van der Waals surface area contributed by atoms with Crippen LogP contribution in [0.25, 0.3) is 0 Å². The van der Waals surface area contributed by atoms with Gasteiger partial charge in [-0.15, -0.1) is 5.10 Å². The van der Waals surface area contributed by atoms with Crippen molar-refractivity contribution < 1.29 is 8.78 Å². The Morgan fingerprint density at radius 3 is 2.57 bits per heavy atom. The second-order valence-electron chi connectivity index (χ2n) is 2.86. The van der Waals surface area contributed by atoms with E-state index in [1.807, 2.05) is 0 Å². The standard InChI is InChI=1S/C8H12F2N4/c1-14(5-7(9)10)8-3-2-6(4-11)12-13-8/h2-3,7H,4-5,11H2,1H3. The van der Waals surface area contributed by atoms with Gasteiger partial charge in [-0.3, -0.25) is 0 Å². The van der Waals surface area contributed by atoms with E-state index >= 15 is 0 Å². The summed E-state index contributed by atoms with van der Waals surface area (Å²) >= 11 is 0. The molecule has 1 rings (SSSR count). The van der Waals surface area contributed by atoms with Crippen LogP contribution in [0.4, 0.5) is 14.6 Å². The van der Waals surface area contributed by atoms with Crippen LogP contribution in [0.2, 0.25) is 0 Å². The van der Waals surface area contributed by atoms with Crippen molar-refractivity contribution in [2.45, 2.75) is 13.0 Å². The van der Waals surface area contributed by atoms with Gasteiger partial charge in [-0.2, -0.15) is 5.10 Å². The molecule has 0 aromatic carbocycles. The SMILES string of the molecule is CN(CC(F)F)c1ccc(CN)nn1. The van der Waals surface area contributed by atoms with E-state index in [1.165, 1.54) is 11.9 Å². The van der Waals surface area contributed by atoms with Gasteiger partial charge in [0.15, 0.2) is 5.82 Å². The quantitative estimate of drug-likeness (QED) is 0.778. The van der Waals surface area contributed by atoms with E-state index in [0.29, 0.717) is 18.1 Å². The average molecular weight is 202 g/mol. The zero-order chi connectivity index (χ0) is 10.6. The highest BCUT2D eigenvalue weighted by Gasteiger charge is 2.09. The van der Waals surface area contributed by atoms with Crippen LogP contribution >= 0.6 is 0 Å². The highest BCUT2D eigenvalue weighted by atomic mass is 19.3. The van der Waals surface area contributed by atoms with Gasteiger partial charge in [-0.25, -0.2) is 8.78 Å². The lowest BCUT2D eigenvalue weighted by molar-refractivity contribution is 0.156. The maximum atomic E-state index is 12.0. The van der Waals surface area contributed by atoms with Crippen LogP contribution in [0.1, 0.15) is 5.69 Å². The number of hydrogen-bond donors (Lipinski definition) is 1. The minimum Gasteiger partial charge on any atom is -0.352 e. The molecule has 2 N–H and O–H groups in total. The van der Waals surface area contributed by atoms with Crippen LogP contribution in [0.5, 0.6) is 0 Å². The fourth-order valence-corrected chi connectivity index (χ4v) is 0.966. The maximum absolute atomic E-state index is 12.0. The number of nitrogens with zero attached hydrogens (tertiary/aromatic N) is 3. The maximum Gasteiger partial charge on any atom is 0.255 e. The van der Waals surface area contributed by atoms with Gasteiger partial charge in [0.1, 0.15) is 0 Å².